The number of nitrogens with zero attached hydrogens (tertiary/aromatic N) is 2. The fourth-order valence-corrected chi connectivity index (χ4v) is 7.41. The van der Waals surface area contributed by atoms with Gasteiger partial charge in [-0.1, -0.05) is 75.8 Å². The van der Waals surface area contributed by atoms with Crippen molar-refractivity contribution in [3.63, 3.8) is 0 Å². The zero-order valence-electron chi connectivity index (χ0n) is 21.7. The maximum absolute atomic E-state index is 13.7. The van der Waals surface area contributed by atoms with Crippen LogP contribution in [-0.2, 0) is 16.1 Å². The van der Waals surface area contributed by atoms with E-state index in [4.69, 9.17) is 0 Å². The summed E-state index contributed by atoms with van der Waals surface area (Å²) in [6.45, 7) is 5.45. The Hall–Kier alpha value is -2.18. The fraction of sp³-hybridized carbons (Fsp3) is 0.600. The monoisotopic (exact) mass is 507 g/mol. The third-order valence-electron chi connectivity index (χ3n) is 8.66. The molecule has 0 unspecified atom stereocenters. The summed E-state index contributed by atoms with van der Waals surface area (Å²) in [7, 11) is 0. The first-order chi connectivity index (χ1) is 17.6. The van der Waals surface area contributed by atoms with E-state index in [1.807, 2.05) is 16.2 Å². The van der Waals surface area contributed by atoms with Gasteiger partial charge in [0.1, 0.15) is 11.6 Å². The average Bonchev–Trinajstić information content (AvgIpc) is 3.38. The second-order valence-corrected chi connectivity index (χ2v) is 12.1. The number of carbonyl (C=O) groups is 2. The molecular formula is C30H41N3O2S. The van der Waals surface area contributed by atoms with E-state index in [9.17, 15) is 9.59 Å². The minimum absolute atomic E-state index is 0.0983. The number of hydrogen-bond donors (Lipinski definition) is 1. The molecule has 2 aromatic rings. The summed E-state index contributed by atoms with van der Waals surface area (Å²) >= 11 is 1.81. The van der Waals surface area contributed by atoms with Gasteiger partial charge in [0.2, 0.25) is 11.8 Å². The van der Waals surface area contributed by atoms with Crippen LogP contribution in [0.25, 0.3) is 11.1 Å². The average molecular weight is 508 g/mol. The second-order valence-electron chi connectivity index (χ2n) is 11.1. The summed E-state index contributed by atoms with van der Waals surface area (Å²) in [5.74, 6) is 0.845. The molecule has 3 fully saturated rings. The molecule has 5 rings (SSSR count). The lowest BCUT2D eigenvalue weighted by atomic mass is 9.79. The van der Waals surface area contributed by atoms with E-state index in [-0.39, 0.29) is 17.9 Å². The predicted octanol–water partition coefficient (Wildman–Crippen LogP) is 5.85. The molecule has 1 N–H and O–H groups in total. The van der Waals surface area contributed by atoms with Gasteiger partial charge in [-0.15, -0.1) is 11.3 Å². The predicted molar refractivity (Wildman–Crippen MR) is 147 cm³/mol. The molecule has 1 atom stereocenters. The number of nitrogens with one attached hydrogen (secondary N) is 1. The first-order valence-electron chi connectivity index (χ1n) is 14.1. The van der Waals surface area contributed by atoms with Crippen LogP contribution in [0.4, 0.5) is 0 Å². The Morgan fingerprint density at radius 2 is 1.78 bits per heavy atom. The van der Waals surface area contributed by atoms with E-state index in [2.05, 4.69) is 58.9 Å². The lowest BCUT2D eigenvalue weighted by Gasteiger charge is -2.52. The number of hydrogen-bond acceptors (Lipinski definition) is 4. The maximum Gasteiger partial charge on any atom is 0.246 e. The Morgan fingerprint density at radius 1 is 1.03 bits per heavy atom. The molecular weight excluding hydrogens is 466 g/mol. The first-order valence-corrected chi connectivity index (χ1v) is 14.9. The minimum Gasteiger partial charge on any atom is -0.342 e. The highest BCUT2D eigenvalue weighted by Crippen LogP contribution is 2.37. The lowest BCUT2D eigenvalue weighted by molar-refractivity contribution is -0.162. The Balaban J connectivity index is 1.24. The number of rotatable bonds is 8. The molecule has 2 aliphatic heterocycles. The molecule has 1 aliphatic carbocycles. The third-order valence-corrected chi connectivity index (χ3v) is 9.58. The van der Waals surface area contributed by atoms with Gasteiger partial charge < -0.3 is 10.2 Å². The molecule has 1 spiro atoms. The number of thiophene rings is 1. The van der Waals surface area contributed by atoms with Crippen molar-refractivity contribution < 1.29 is 9.59 Å². The highest BCUT2D eigenvalue weighted by molar-refractivity contribution is 7.10. The molecule has 0 radical (unpaired) electrons. The standard InChI is InChI=1S/C30H41N3O2S/c1-2-3-16-33-28(34)27(19-23-10-6-4-7-11-23)31-29(35)30(33)14-17-32(18-15-30)21-26-20-25(22-36-26)24-12-8-5-9-13-24/h5,8-9,12-13,20,22-23,27H,2-4,6-7,10-11,14-19,21H2,1H3,(H,31,35)/t27-/m0/s1. The second kappa shape index (κ2) is 11.5. The van der Waals surface area contributed by atoms with Crippen molar-refractivity contribution in [2.45, 2.75) is 89.3 Å². The molecule has 1 aromatic heterocycles. The van der Waals surface area contributed by atoms with Crippen LogP contribution in [0.3, 0.4) is 0 Å². The Bertz CT molecular complexity index is 1020. The molecule has 5 nitrogen and oxygen atoms in total. The molecule has 1 aromatic carbocycles. The number of unbranched alkanes of at least 4 members (excludes halogenated alkanes) is 1. The van der Waals surface area contributed by atoms with Crippen molar-refractivity contribution >= 4 is 23.2 Å². The molecule has 6 heteroatoms. The van der Waals surface area contributed by atoms with E-state index in [0.29, 0.717) is 12.5 Å². The largest absolute Gasteiger partial charge is 0.342 e. The third kappa shape index (κ3) is 5.40. The molecule has 194 valence electrons. The quantitative estimate of drug-likeness (QED) is 0.488. The molecule has 1 saturated carbocycles. The van der Waals surface area contributed by atoms with Crippen LogP contribution >= 0.6 is 11.3 Å². The van der Waals surface area contributed by atoms with Crippen molar-refractivity contribution in [1.29, 1.82) is 0 Å². The number of piperazine rings is 1. The summed E-state index contributed by atoms with van der Waals surface area (Å²) < 4.78 is 0. The first kappa shape index (κ1) is 25.5. The van der Waals surface area contributed by atoms with Gasteiger partial charge in [-0.05, 0) is 54.2 Å². The maximum atomic E-state index is 13.7. The van der Waals surface area contributed by atoms with E-state index in [1.165, 1.54) is 48.1 Å². The molecule has 3 aliphatic rings. The van der Waals surface area contributed by atoms with Gasteiger partial charge >= 0.3 is 0 Å². The van der Waals surface area contributed by atoms with Crippen LogP contribution in [0, 0.1) is 5.92 Å². The Kier molecular flexibility index (Phi) is 8.12. The topological polar surface area (TPSA) is 52.7 Å². The smallest absolute Gasteiger partial charge is 0.246 e. The molecule has 2 saturated heterocycles. The van der Waals surface area contributed by atoms with E-state index in [1.54, 1.807) is 0 Å². The Morgan fingerprint density at radius 3 is 2.50 bits per heavy atom. The number of likely N-dealkylation sites (tertiary alicyclic amines) is 1. The minimum atomic E-state index is -0.670. The van der Waals surface area contributed by atoms with Crippen LogP contribution in [0.5, 0.6) is 0 Å². The lowest BCUT2D eigenvalue weighted by Crippen LogP contribution is -2.73. The summed E-state index contributed by atoms with van der Waals surface area (Å²) in [6.07, 6.45) is 10.5. The highest BCUT2D eigenvalue weighted by atomic mass is 32.1. The zero-order chi connectivity index (χ0) is 25.0. The van der Waals surface area contributed by atoms with Crippen LogP contribution in [-0.4, -0.2) is 52.8 Å². The van der Waals surface area contributed by atoms with Gasteiger partial charge in [-0.25, -0.2) is 0 Å². The number of benzene rings is 1. The number of carbonyl (C=O) groups excluding carboxylic acids is 2. The van der Waals surface area contributed by atoms with E-state index in [0.717, 1.165) is 51.7 Å². The van der Waals surface area contributed by atoms with Gasteiger partial charge in [-0.3, -0.25) is 14.5 Å². The van der Waals surface area contributed by atoms with Crippen LogP contribution in [0.1, 0.15) is 76.0 Å². The summed E-state index contributed by atoms with van der Waals surface area (Å²) in [4.78, 5) is 33.2. The van der Waals surface area contributed by atoms with Gasteiger partial charge in [0.25, 0.3) is 0 Å². The van der Waals surface area contributed by atoms with Crippen molar-refractivity contribution in [3.05, 3.63) is 46.7 Å². The normalized spacial score (nSPS) is 23.2. The summed E-state index contributed by atoms with van der Waals surface area (Å²) in [6, 6.07) is 12.5. The summed E-state index contributed by atoms with van der Waals surface area (Å²) in [5, 5.41) is 5.46. The Labute approximate surface area is 220 Å². The van der Waals surface area contributed by atoms with Crippen molar-refractivity contribution in [1.82, 2.24) is 15.1 Å². The van der Waals surface area contributed by atoms with Gasteiger partial charge in [0.05, 0.1) is 0 Å². The van der Waals surface area contributed by atoms with E-state index >= 15 is 0 Å². The fourth-order valence-electron chi connectivity index (χ4n) is 6.48. The molecule has 2 amide bonds. The number of amides is 2. The van der Waals surface area contributed by atoms with Gasteiger partial charge in [-0.2, -0.15) is 0 Å². The zero-order valence-corrected chi connectivity index (χ0v) is 22.5. The SMILES string of the molecule is CCCCN1C(=O)[C@H](CC2CCCCC2)NC(=O)C12CCN(Cc1cc(-c3ccccc3)cs1)CC2. The molecule has 36 heavy (non-hydrogen) atoms. The van der Waals surface area contributed by atoms with Crippen LogP contribution < -0.4 is 5.32 Å². The van der Waals surface area contributed by atoms with Crippen molar-refractivity contribution in [2.24, 2.45) is 5.92 Å². The molecule has 3 heterocycles. The highest BCUT2D eigenvalue weighted by Gasteiger charge is 2.53. The van der Waals surface area contributed by atoms with E-state index < -0.39 is 5.54 Å². The van der Waals surface area contributed by atoms with Crippen LogP contribution in [0.15, 0.2) is 41.8 Å². The van der Waals surface area contributed by atoms with Gasteiger partial charge in [0, 0.05) is 31.1 Å². The van der Waals surface area contributed by atoms with Crippen molar-refractivity contribution in [3.8, 4) is 11.1 Å². The molecule has 0 bridgehead atoms. The number of piperidine rings is 1. The van der Waals surface area contributed by atoms with Crippen LogP contribution in [0.2, 0.25) is 0 Å². The van der Waals surface area contributed by atoms with Crippen molar-refractivity contribution in [2.75, 3.05) is 19.6 Å². The summed E-state index contributed by atoms with van der Waals surface area (Å²) in [5.41, 5.74) is 1.86. The van der Waals surface area contributed by atoms with Gasteiger partial charge in [0.15, 0.2) is 0 Å².